The van der Waals surface area contributed by atoms with Crippen molar-refractivity contribution in [1.29, 1.82) is 0 Å². The van der Waals surface area contributed by atoms with E-state index in [1.807, 2.05) is 23.5 Å². The Morgan fingerprint density at radius 3 is 1.55 bits per heavy atom. The van der Waals surface area contributed by atoms with E-state index < -0.39 is 0 Å². The standard InChI is InChI=1S/C12H20O2S6/c1-11(9(15)13-11)19-5-7-3-18-8(4-17-7)6-20-12(2)10(16)14-12/h7-10,15-16H,3-6H2,1-2H3. The third kappa shape index (κ3) is 4.10. The minimum atomic E-state index is -0.0273. The fourth-order valence-corrected chi connectivity index (χ4v) is 8.72. The molecular formula is C12H20O2S6. The molecule has 8 heteroatoms. The van der Waals surface area contributed by atoms with E-state index in [-0.39, 0.29) is 20.7 Å². The Hall–Kier alpha value is 2.02. The average Bonchev–Trinajstić information content (AvgIpc) is 3.23. The topological polar surface area (TPSA) is 25.1 Å². The summed E-state index contributed by atoms with van der Waals surface area (Å²) in [6, 6.07) is 0. The second-order valence-electron chi connectivity index (χ2n) is 5.51. The molecule has 6 unspecified atom stereocenters. The van der Waals surface area contributed by atoms with E-state index in [2.05, 4.69) is 62.6 Å². The molecule has 2 nitrogen and oxygen atoms in total. The van der Waals surface area contributed by atoms with Crippen LogP contribution in [0.4, 0.5) is 0 Å². The maximum atomic E-state index is 5.50. The number of ether oxygens (including phenoxy) is 2. The van der Waals surface area contributed by atoms with Crippen LogP contribution >= 0.6 is 72.3 Å². The highest BCUT2D eigenvalue weighted by atomic mass is 32.2. The molecule has 3 saturated heterocycles. The van der Waals surface area contributed by atoms with Gasteiger partial charge < -0.3 is 9.47 Å². The van der Waals surface area contributed by atoms with Gasteiger partial charge >= 0.3 is 0 Å². The predicted octanol–water partition coefficient (Wildman–Crippen LogP) is 3.67. The highest BCUT2D eigenvalue weighted by molar-refractivity contribution is 8.09. The highest BCUT2D eigenvalue weighted by Gasteiger charge is 2.52. The summed E-state index contributed by atoms with van der Waals surface area (Å²) in [7, 11) is 0. The van der Waals surface area contributed by atoms with E-state index in [9.17, 15) is 0 Å². The SMILES string of the molecule is CC1(SCC2CSC(CSC3(C)OC3S)CS2)OC1S. The van der Waals surface area contributed by atoms with E-state index in [1.54, 1.807) is 0 Å². The fourth-order valence-electron chi connectivity index (χ4n) is 1.88. The maximum absolute atomic E-state index is 5.50. The van der Waals surface area contributed by atoms with Crippen LogP contribution in [0.15, 0.2) is 0 Å². The summed E-state index contributed by atoms with van der Waals surface area (Å²) in [5.41, 5.74) is 0.262. The van der Waals surface area contributed by atoms with Gasteiger partial charge in [-0.05, 0) is 13.8 Å². The molecule has 3 aliphatic rings. The van der Waals surface area contributed by atoms with Gasteiger partial charge in [-0.15, -0.1) is 48.8 Å². The quantitative estimate of drug-likeness (QED) is 0.532. The number of hydrogen-bond acceptors (Lipinski definition) is 8. The second kappa shape index (κ2) is 6.49. The third-order valence-electron chi connectivity index (χ3n) is 3.62. The Labute approximate surface area is 149 Å². The molecule has 0 bridgehead atoms. The Morgan fingerprint density at radius 1 is 0.950 bits per heavy atom. The first-order valence-electron chi connectivity index (χ1n) is 6.64. The molecule has 6 atom stereocenters. The predicted molar refractivity (Wildman–Crippen MR) is 102 cm³/mol. The number of hydrogen-bond donors (Lipinski definition) is 2. The van der Waals surface area contributed by atoms with Gasteiger partial charge in [0, 0.05) is 33.5 Å². The van der Waals surface area contributed by atoms with Gasteiger partial charge in [0.25, 0.3) is 0 Å². The van der Waals surface area contributed by atoms with Crippen molar-refractivity contribution in [2.75, 3.05) is 23.0 Å². The zero-order valence-electron chi connectivity index (χ0n) is 11.5. The molecular weight excluding hydrogens is 369 g/mol. The van der Waals surface area contributed by atoms with Crippen LogP contribution in [-0.2, 0) is 9.47 Å². The molecule has 0 amide bonds. The van der Waals surface area contributed by atoms with Crippen LogP contribution < -0.4 is 0 Å². The lowest BCUT2D eigenvalue weighted by molar-refractivity contribution is 0.394. The average molecular weight is 389 g/mol. The zero-order chi connectivity index (χ0) is 14.4. The van der Waals surface area contributed by atoms with Gasteiger partial charge in [0.1, 0.15) is 20.7 Å². The van der Waals surface area contributed by atoms with Gasteiger partial charge in [-0.1, -0.05) is 0 Å². The van der Waals surface area contributed by atoms with Crippen LogP contribution in [0.25, 0.3) is 0 Å². The Morgan fingerprint density at radius 2 is 1.30 bits per heavy atom. The first-order valence-corrected chi connectivity index (χ1v) is 11.7. The molecule has 0 saturated carbocycles. The highest BCUT2D eigenvalue weighted by Crippen LogP contribution is 2.51. The minimum absolute atomic E-state index is 0.0273. The molecule has 0 spiro atoms. The van der Waals surface area contributed by atoms with Gasteiger partial charge in [0.05, 0.1) is 0 Å². The van der Waals surface area contributed by atoms with E-state index in [0.29, 0.717) is 0 Å². The molecule has 0 aliphatic carbocycles. The summed E-state index contributed by atoms with van der Waals surface area (Å²) in [6.07, 6.45) is 0. The summed E-state index contributed by atoms with van der Waals surface area (Å²) < 4.78 is 11.0. The van der Waals surface area contributed by atoms with E-state index in [4.69, 9.17) is 9.47 Å². The van der Waals surface area contributed by atoms with Crippen molar-refractivity contribution >= 4 is 72.3 Å². The number of epoxide rings is 2. The first kappa shape index (κ1) is 16.9. The first-order chi connectivity index (χ1) is 9.41. The van der Waals surface area contributed by atoms with Crippen molar-refractivity contribution in [2.24, 2.45) is 0 Å². The molecule has 3 fully saturated rings. The monoisotopic (exact) mass is 388 g/mol. The summed E-state index contributed by atoms with van der Waals surface area (Å²) >= 11 is 16.8. The Kier molecular flexibility index (Phi) is 5.47. The number of rotatable bonds is 6. The summed E-state index contributed by atoms with van der Waals surface area (Å²) in [5, 5.41) is 1.50. The van der Waals surface area contributed by atoms with E-state index in [1.165, 1.54) is 23.0 Å². The van der Waals surface area contributed by atoms with Crippen LogP contribution in [0.2, 0.25) is 0 Å². The Bertz CT molecular complexity index is 330. The minimum Gasteiger partial charge on any atom is -0.343 e. The largest absolute Gasteiger partial charge is 0.343 e. The van der Waals surface area contributed by atoms with Crippen LogP contribution in [0.3, 0.4) is 0 Å². The molecule has 0 radical (unpaired) electrons. The Balaban J connectivity index is 1.31. The molecule has 116 valence electrons. The lowest BCUT2D eigenvalue weighted by atomic mass is 10.5. The van der Waals surface area contributed by atoms with Crippen LogP contribution in [0.5, 0.6) is 0 Å². The van der Waals surface area contributed by atoms with Crippen molar-refractivity contribution < 1.29 is 9.47 Å². The maximum Gasteiger partial charge on any atom is 0.147 e. The zero-order valence-corrected chi connectivity index (χ0v) is 16.5. The number of thioether (sulfide) groups is 4. The van der Waals surface area contributed by atoms with Gasteiger partial charge in [-0.25, -0.2) is 0 Å². The lowest BCUT2D eigenvalue weighted by Gasteiger charge is -2.28. The summed E-state index contributed by atoms with van der Waals surface area (Å²) in [6.45, 7) is 4.28. The van der Waals surface area contributed by atoms with Crippen LogP contribution in [-0.4, -0.2) is 54.2 Å². The van der Waals surface area contributed by atoms with Crippen LogP contribution in [0.1, 0.15) is 13.8 Å². The third-order valence-corrected chi connectivity index (χ3v) is 11.7. The molecule has 0 aromatic rings. The molecule has 3 heterocycles. The van der Waals surface area contributed by atoms with Gasteiger partial charge in [-0.3, -0.25) is 0 Å². The van der Waals surface area contributed by atoms with Crippen molar-refractivity contribution in [1.82, 2.24) is 0 Å². The normalized spacial score (nSPS) is 51.0. The molecule has 20 heavy (non-hydrogen) atoms. The van der Waals surface area contributed by atoms with Gasteiger partial charge in [-0.2, -0.15) is 23.5 Å². The van der Waals surface area contributed by atoms with Crippen LogP contribution in [0, 0.1) is 0 Å². The molecule has 0 aromatic heterocycles. The molecule has 3 aliphatic heterocycles. The van der Waals surface area contributed by atoms with Crippen molar-refractivity contribution in [3.8, 4) is 0 Å². The van der Waals surface area contributed by atoms with E-state index >= 15 is 0 Å². The summed E-state index contributed by atoms with van der Waals surface area (Å²) in [4.78, 5) is -0.0545. The molecule has 0 aromatic carbocycles. The van der Waals surface area contributed by atoms with Crippen molar-refractivity contribution in [2.45, 2.75) is 45.1 Å². The molecule has 3 rings (SSSR count). The number of thiol groups is 2. The van der Waals surface area contributed by atoms with Gasteiger partial charge in [0.2, 0.25) is 0 Å². The van der Waals surface area contributed by atoms with Gasteiger partial charge in [0.15, 0.2) is 0 Å². The van der Waals surface area contributed by atoms with Crippen molar-refractivity contribution in [3.63, 3.8) is 0 Å². The smallest absolute Gasteiger partial charge is 0.147 e. The van der Waals surface area contributed by atoms with E-state index in [0.717, 1.165) is 10.5 Å². The lowest BCUT2D eigenvalue weighted by Crippen LogP contribution is -2.26. The molecule has 0 N–H and O–H groups in total. The fraction of sp³-hybridized carbons (Fsp3) is 1.00. The summed E-state index contributed by atoms with van der Waals surface area (Å²) in [5.74, 6) is 4.84. The van der Waals surface area contributed by atoms with Crippen molar-refractivity contribution in [3.05, 3.63) is 0 Å². The second-order valence-corrected chi connectivity index (χ2v) is 12.0.